The summed E-state index contributed by atoms with van der Waals surface area (Å²) in [6.45, 7) is 6.84. The predicted octanol–water partition coefficient (Wildman–Crippen LogP) is 2.32. The lowest BCUT2D eigenvalue weighted by Gasteiger charge is -2.14. The maximum Gasteiger partial charge on any atom is 0.195 e. The highest BCUT2D eigenvalue weighted by molar-refractivity contribution is 7.90. The molecule has 0 heterocycles. The number of nitrogens with one attached hydrogen (secondary N) is 2. The van der Waals surface area contributed by atoms with Crippen molar-refractivity contribution < 1.29 is 22.6 Å². The molecule has 8 nitrogen and oxygen atoms in total. The molecule has 0 aliphatic rings. The van der Waals surface area contributed by atoms with E-state index in [1.807, 2.05) is 38.1 Å². The fourth-order valence-electron chi connectivity index (χ4n) is 2.31. The summed E-state index contributed by atoms with van der Waals surface area (Å²) in [5, 5.41) is 6.49. The standard InChI is InChI=1S/C20H35N3O5S/c1-17(2)28-19-9-7-18(8-10-19)23-20(22-12-6-16-29(4,24)25)21-11-5-13-27-15-14-26-3/h7-10,17H,5-6,11-16H2,1-4H3,(H2,21,22,23). The number of rotatable bonds is 14. The number of methoxy groups -OCH3 is 1. The Bertz CT molecular complexity index is 691. The highest BCUT2D eigenvalue weighted by Crippen LogP contribution is 2.16. The zero-order valence-corrected chi connectivity index (χ0v) is 18.8. The molecule has 0 atom stereocenters. The van der Waals surface area contributed by atoms with Crippen molar-refractivity contribution in [3.05, 3.63) is 24.3 Å². The number of aliphatic imine (C=N–C) groups is 1. The number of guanidine groups is 1. The van der Waals surface area contributed by atoms with Gasteiger partial charge in [0.15, 0.2) is 5.96 Å². The van der Waals surface area contributed by atoms with E-state index in [9.17, 15) is 8.42 Å². The van der Waals surface area contributed by atoms with Crippen LogP contribution >= 0.6 is 0 Å². The lowest BCUT2D eigenvalue weighted by Crippen LogP contribution is -2.32. The lowest BCUT2D eigenvalue weighted by molar-refractivity contribution is 0.0699. The van der Waals surface area contributed by atoms with E-state index in [1.54, 1.807) is 7.11 Å². The molecule has 1 rings (SSSR count). The maximum atomic E-state index is 11.3. The summed E-state index contributed by atoms with van der Waals surface area (Å²) in [4.78, 5) is 4.48. The summed E-state index contributed by atoms with van der Waals surface area (Å²) in [5.41, 5.74) is 0.867. The Morgan fingerprint density at radius 2 is 1.83 bits per heavy atom. The van der Waals surface area contributed by atoms with Gasteiger partial charge in [-0.15, -0.1) is 0 Å². The van der Waals surface area contributed by atoms with Gasteiger partial charge in [0.05, 0.1) is 25.1 Å². The van der Waals surface area contributed by atoms with Crippen LogP contribution in [0.5, 0.6) is 5.75 Å². The average Bonchev–Trinajstić information content (AvgIpc) is 2.64. The van der Waals surface area contributed by atoms with E-state index in [4.69, 9.17) is 14.2 Å². The van der Waals surface area contributed by atoms with E-state index >= 15 is 0 Å². The van der Waals surface area contributed by atoms with Crippen molar-refractivity contribution >= 4 is 21.5 Å². The molecule has 1 aromatic rings. The fourth-order valence-corrected chi connectivity index (χ4v) is 2.96. The van der Waals surface area contributed by atoms with Gasteiger partial charge in [0.25, 0.3) is 0 Å². The molecule has 166 valence electrons. The smallest absolute Gasteiger partial charge is 0.195 e. The second-order valence-electron chi connectivity index (χ2n) is 6.92. The average molecular weight is 430 g/mol. The zero-order valence-electron chi connectivity index (χ0n) is 17.9. The van der Waals surface area contributed by atoms with E-state index in [2.05, 4.69) is 15.6 Å². The molecule has 1 aromatic carbocycles. The molecule has 0 unspecified atom stereocenters. The Labute approximate surface area is 175 Å². The van der Waals surface area contributed by atoms with Gasteiger partial charge in [-0.2, -0.15) is 0 Å². The van der Waals surface area contributed by atoms with Crippen LogP contribution in [0.15, 0.2) is 29.3 Å². The maximum absolute atomic E-state index is 11.3. The third kappa shape index (κ3) is 13.9. The van der Waals surface area contributed by atoms with Crippen LogP contribution in [0.2, 0.25) is 0 Å². The van der Waals surface area contributed by atoms with Crippen molar-refractivity contribution in [2.24, 2.45) is 4.99 Å². The number of nitrogens with zero attached hydrogens (tertiary/aromatic N) is 1. The summed E-state index contributed by atoms with van der Waals surface area (Å²) in [6.07, 6.45) is 2.65. The summed E-state index contributed by atoms with van der Waals surface area (Å²) >= 11 is 0. The number of hydrogen-bond acceptors (Lipinski definition) is 6. The number of sulfone groups is 1. The van der Waals surface area contributed by atoms with Crippen LogP contribution in [-0.4, -0.2) is 72.5 Å². The van der Waals surface area contributed by atoms with Crippen molar-refractivity contribution in [2.45, 2.75) is 32.8 Å². The molecule has 2 N–H and O–H groups in total. The minimum absolute atomic E-state index is 0.119. The minimum atomic E-state index is -2.98. The first-order chi connectivity index (χ1) is 13.8. The van der Waals surface area contributed by atoms with Crippen molar-refractivity contribution in [1.29, 1.82) is 0 Å². The summed E-state index contributed by atoms with van der Waals surface area (Å²) < 4.78 is 38.6. The van der Waals surface area contributed by atoms with Gasteiger partial charge in [-0.3, -0.25) is 4.99 Å². The SMILES string of the molecule is COCCOCCCNC(=NCCCS(C)(=O)=O)Nc1ccc(OC(C)C)cc1. The van der Waals surface area contributed by atoms with Gasteiger partial charge in [-0.05, 0) is 51.0 Å². The van der Waals surface area contributed by atoms with E-state index in [0.29, 0.717) is 45.3 Å². The minimum Gasteiger partial charge on any atom is -0.491 e. The second kappa shape index (κ2) is 14.2. The highest BCUT2D eigenvalue weighted by Gasteiger charge is 2.04. The molecular weight excluding hydrogens is 394 g/mol. The molecule has 0 bridgehead atoms. The molecule has 29 heavy (non-hydrogen) atoms. The Balaban J connectivity index is 2.56. The largest absolute Gasteiger partial charge is 0.491 e. The van der Waals surface area contributed by atoms with E-state index < -0.39 is 9.84 Å². The lowest BCUT2D eigenvalue weighted by atomic mass is 10.3. The molecular formula is C20H35N3O5S. The molecule has 0 saturated heterocycles. The van der Waals surface area contributed by atoms with E-state index in [-0.39, 0.29) is 11.9 Å². The molecule has 0 radical (unpaired) electrons. The Hall–Kier alpha value is -1.84. The molecule has 9 heteroatoms. The van der Waals surface area contributed by atoms with Crippen molar-refractivity contribution in [2.75, 3.05) is 57.3 Å². The highest BCUT2D eigenvalue weighted by atomic mass is 32.2. The summed E-state index contributed by atoms with van der Waals surface area (Å²) in [5.74, 6) is 1.53. The van der Waals surface area contributed by atoms with E-state index in [1.165, 1.54) is 6.26 Å². The van der Waals surface area contributed by atoms with Gasteiger partial charge < -0.3 is 24.8 Å². The van der Waals surface area contributed by atoms with Gasteiger partial charge in [0.1, 0.15) is 15.6 Å². The van der Waals surface area contributed by atoms with Crippen LogP contribution in [-0.2, 0) is 19.3 Å². The Kier molecular flexibility index (Phi) is 12.3. The van der Waals surface area contributed by atoms with Gasteiger partial charge in [0, 0.05) is 38.7 Å². The van der Waals surface area contributed by atoms with E-state index in [0.717, 1.165) is 17.9 Å². The first-order valence-electron chi connectivity index (χ1n) is 9.86. The van der Waals surface area contributed by atoms with Crippen molar-refractivity contribution in [3.8, 4) is 5.75 Å². The zero-order chi connectivity index (χ0) is 21.5. The number of anilines is 1. The fraction of sp³-hybridized carbons (Fsp3) is 0.650. The number of benzene rings is 1. The topological polar surface area (TPSA) is 98.3 Å². The third-order valence-electron chi connectivity index (χ3n) is 3.62. The molecule has 0 aliphatic carbocycles. The molecule has 0 saturated carbocycles. The first-order valence-corrected chi connectivity index (χ1v) is 11.9. The van der Waals surface area contributed by atoms with Gasteiger partial charge in [-0.1, -0.05) is 0 Å². The number of hydrogen-bond donors (Lipinski definition) is 2. The van der Waals surface area contributed by atoms with Crippen LogP contribution in [0.25, 0.3) is 0 Å². The third-order valence-corrected chi connectivity index (χ3v) is 4.65. The molecule has 0 aromatic heterocycles. The van der Waals surface area contributed by atoms with Crippen LogP contribution in [0.3, 0.4) is 0 Å². The van der Waals surface area contributed by atoms with Crippen LogP contribution in [0, 0.1) is 0 Å². The summed E-state index contributed by atoms with van der Waals surface area (Å²) in [6, 6.07) is 7.62. The molecule has 0 aliphatic heterocycles. The molecule has 0 fully saturated rings. The van der Waals surface area contributed by atoms with Gasteiger partial charge in [0.2, 0.25) is 0 Å². The first kappa shape index (κ1) is 25.2. The normalized spacial score (nSPS) is 12.2. The van der Waals surface area contributed by atoms with Crippen molar-refractivity contribution in [3.63, 3.8) is 0 Å². The van der Waals surface area contributed by atoms with Gasteiger partial charge in [-0.25, -0.2) is 8.42 Å². The number of ether oxygens (including phenoxy) is 3. The predicted molar refractivity (Wildman–Crippen MR) is 118 cm³/mol. The van der Waals surface area contributed by atoms with Crippen molar-refractivity contribution in [1.82, 2.24) is 5.32 Å². The van der Waals surface area contributed by atoms with Gasteiger partial charge >= 0.3 is 0 Å². The Morgan fingerprint density at radius 3 is 2.45 bits per heavy atom. The quantitative estimate of drug-likeness (QED) is 0.266. The Morgan fingerprint density at radius 1 is 1.10 bits per heavy atom. The van der Waals surface area contributed by atoms with Crippen LogP contribution < -0.4 is 15.4 Å². The summed E-state index contributed by atoms with van der Waals surface area (Å²) in [7, 11) is -1.34. The molecule has 0 spiro atoms. The van der Waals surface area contributed by atoms with Crippen LogP contribution in [0.4, 0.5) is 5.69 Å². The second-order valence-corrected chi connectivity index (χ2v) is 9.17. The van der Waals surface area contributed by atoms with Crippen LogP contribution in [0.1, 0.15) is 26.7 Å². The monoisotopic (exact) mass is 429 g/mol. The molecule has 0 amide bonds.